The number of piperidine rings is 1. The minimum atomic E-state index is -3.23. The number of sulfone groups is 1. The fourth-order valence-electron chi connectivity index (χ4n) is 4.70. The second kappa shape index (κ2) is 10.5. The van der Waals surface area contributed by atoms with Crippen LogP contribution in [0.25, 0.3) is 0 Å². The van der Waals surface area contributed by atoms with Crippen molar-refractivity contribution in [2.45, 2.75) is 49.5 Å². The first-order valence-electron chi connectivity index (χ1n) is 10.8. The molecule has 0 N–H and O–H groups in total. The van der Waals surface area contributed by atoms with E-state index in [9.17, 15) is 13.2 Å². The highest BCUT2D eigenvalue weighted by atomic mass is 32.2. The third kappa shape index (κ3) is 6.03. The first kappa shape index (κ1) is 22.2. The van der Waals surface area contributed by atoms with Crippen molar-refractivity contribution in [1.29, 1.82) is 0 Å². The number of rotatable bonds is 7. The molecule has 2 saturated heterocycles. The number of likely N-dealkylation sites (tertiary alicyclic amines) is 2. The van der Waals surface area contributed by atoms with Crippen LogP contribution in [0, 0.1) is 5.92 Å². The summed E-state index contributed by atoms with van der Waals surface area (Å²) in [5.41, 5.74) is 0. The number of benzene rings is 1. The molecule has 3 rings (SSSR count). The van der Waals surface area contributed by atoms with Gasteiger partial charge in [-0.05, 0) is 56.8 Å². The molecule has 0 aromatic heterocycles. The van der Waals surface area contributed by atoms with E-state index in [0.29, 0.717) is 23.4 Å². The summed E-state index contributed by atoms with van der Waals surface area (Å²) in [6.45, 7) is 3.37. The average molecular weight is 423 g/mol. The maximum atomic E-state index is 12.5. The van der Waals surface area contributed by atoms with Crippen molar-refractivity contribution in [3.05, 3.63) is 30.3 Å². The smallest absolute Gasteiger partial charge is 0.248 e. The van der Waals surface area contributed by atoms with Crippen molar-refractivity contribution in [2.75, 3.05) is 45.6 Å². The van der Waals surface area contributed by atoms with Crippen molar-refractivity contribution in [2.24, 2.45) is 5.92 Å². The maximum Gasteiger partial charge on any atom is 0.248 e. The molecular weight excluding hydrogens is 388 g/mol. The minimum absolute atomic E-state index is 0.107. The predicted octanol–water partition coefficient (Wildman–Crippen LogP) is 2.59. The van der Waals surface area contributed by atoms with E-state index in [2.05, 4.69) is 9.80 Å². The van der Waals surface area contributed by atoms with Gasteiger partial charge in [0.1, 0.15) is 6.61 Å². The van der Waals surface area contributed by atoms with E-state index in [0.717, 1.165) is 45.3 Å². The molecule has 6 nitrogen and oxygen atoms in total. The van der Waals surface area contributed by atoms with E-state index in [1.165, 1.54) is 12.8 Å². The highest BCUT2D eigenvalue weighted by Gasteiger charge is 2.34. The zero-order chi connectivity index (χ0) is 20.7. The van der Waals surface area contributed by atoms with Crippen LogP contribution in [0.2, 0.25) is 0 Å². The van der Waals surface area contributed by atoms with Crippen molar-refractivity contribution in [1.82, 2.24) is 9.80 Å². The van der Waals surface area contributed by atoms with Gasteiger partial charge in [0, 0.05) is 26.2 Å². The molecule has 2 aliphatic heterocycles. The number of hydrogen-bond acceptors (Lipinski definition) is 5. The van der Waals surface area contributed by atoms with Crippen LogP contribution in [-0.2, 0) is 19.4 Å². The summed E-state index contributed by atoms with van der Waals surface area (Å²) >= 11 is 0. The van der Waals surface area contributed by atoms with Gasteiger partial charge in [-0.15, -0.1) is 0 Å². The largest absolute Gasteiger partial charge is 0.375 e. The predicted molar refractivity (Wildman–Crippen MR) is 114 cm³/mol. The molecule has 1 unspecified atom stereocenters. The summed E-state index contributed by atoms with van der Waals surface area (Å²) < 4.78 is 30.1. The summed E-state index contributed by atoms with van der Waals surface area (Å²) in [7, 11) is -1.66. The number of hydrogen-bond donors (Lipinski definition) is 0. The molecule has 7 heteroatoms. The van der Waals surface area contributed by atoms with Crippen molar-refractivity contribution in [3.8, 4) is 0 Å². The highest BCUT2D eigenvalue weighted by molar-refractivity contribution is 7.91. The number of ether oxygens (including phenoxy) is 1. The molecular formula is C22H34N2O4S. The molecule has 1 amide bonds. The maximum absolute atomic E-state index is 12.5. The average Bonchev–Trinajstić information content (AvgIpc) is 3.00. The minimum Gasteiger partial charge on any atom is -0.375 e. The van der Waals surface area contributed by atoms with Gasteiger partial charge >= 0.3 is 0 Å². The second-order valence-corrected chi connectivity index (χ2v) is 10.4. The summed E-state index contributed by atoms with van der Waals surface area (Å²) in [5.74, 6) is 0.760. The number of nitrogens with zero attached hydrogens (tertiary/aromatic N) is 2. The lowest BCUT2D eigenvalue weighted by Crippen LogP contribution is -2.49. The standard InChI is InChI=1S/C22H34N2O4S/c1-28-18-22(25)24-13-7-3-6-10-21(24)19-11-14-23(15-12-19)16-17-29(26,27)20-8-4-2-5-9-20/h2,4-5,8-9,19,21H,3,6-7,10-18H2,1H3. The fraction of sp³-hybridized carbons (Fsp3) is 0.682. The van der Waals surface area contributed by atoms with E-state index in [1.807, 2.05) is 6.07 Å². The van der Waals surface area contributed by atoms with Crippen LogP contribution in [0.3, 0.4) is 0 Å². The lowest BCUT2D eigenvalue weighted by atomic mass is 9.86. The fourth-order valence-corrected chi connectivity index (χ4v) is 6.00. The van der Waals surface area contributed by atoms with Gasteiger partial charge in [0.15, 0.2) is 9.84 Å². The Morgan fingerprint density at radius 1 is 1.03 bits per heavy atom. The Labute approximate surface area is 175 Å². The van der Waals surface area contributed by atoms with Crippen LogP contribution in [0.1, 0.15) is 38.5 Å². The normalized spacial score (nSPS) is 22.4. The Morgan fingerprint density at radius 3 is 2.45 bits per heavy atom. The van der Waals surface area contributed by atoms with Crippen LogP contribution >= 0.6 is 0 Å². The first-order valence-corrected chi connectivity index (χ1v) is 12.4. The molecule has 0 bridgehead atoms. The van der Waals surface area contributed by atoms with Crippen LogP contribution in [0.4, 0.5) is 0 Å². The quantitative estimate of drug-likeness (QED) is 0.676. The zero-order valence-electron chi connectivity index (χ0n) is 17.5. The Kier molecular flexibility index (Phi) is 8.09. The summed E-state index contributed by atoms with van der Waals surface area (Å²) in [5, 5.41) is 0. The summed E-state index contributed by atoms with van der Waals surface area (Å²) in [6.07, 6.45) is 6.55. The van der Waals surface area contributed by atoms with Crippen molar-refractivity contribution >= 4 is 15.7 Å². The molecule has 1 aromatic carbocycles. The van der Waals surface area contributed by atoms with Gasteiger partial charge in [0.05, 0.1) is 10.6 Å². The molecule has 0 spiro atoms. The van der Waals surface area contributed by atoms with E-state index in [1.54, 1.807) is 31.4 Å². The molecule has 1 atom stereocenters. The topological polar surface area (TPSA) is 66.9 Å². The third-order valence-corrected chi connectivity index (χ3v) is 8.05. The molecule has 0 aliphatic carbocycles. The highest BCUT2D eigenvalue weighted by Crippen LogP contribution is 2.30. The molecule has 2 fully saturated rings. The van der Waals surface area contributed by atoms with Gasteiger partial charge in [-0.25, -0.2) is 8.42 Å². The lowest BCUT2D eigenvalue weighted by molar-refractivity contribution is -0.139. The summed E-state index contributed by atoms with van der Waals surface area (Å²) in [4.78, 5) is 17.3. The summed E-state index contributed by atoms with van der Waals surface area (Å²) in [6, 6.07) is 9.00. The van der Waals surface area contributed by atoms with Crippen LogP contribution in [0.15, 0.2) is 35.2 Å². The lowest BCUT2D eigenvalue weighted by Gasteiger charge is -2.40. The van der Waals surface area contributed by atoms with Gasteiger partial charge in [-0.1, -0.05) is 31.0 Å². The molecule has 0 radical (unpaired) electrons. The second-order valence-electron chi connectivity index (χ2n) is 8.25. The van der Waals surface area contributed by atoms with Gasteiger partial charge in [-0.2, -0.15) is 0 Å². The Balaban J connectivity index is 1.53. The number of amides is 1. The van der Waals surface area contributed by atoms with Gasteiger partial charge in [0.2, 0.25) is 5.91 Å². The van der Waals surface area contributed by atoms with Gasteiger partial charge < -0.3 is 14.5 Å². The Morgan fingerprint density at radius 2 is 1.76 bits per heavy atom. The van der Waals surface area contributed by atoms with Crippen molar-refractivity contribution < 1.29 is 17.9 Å². The Hall–Kier alpha value is -1.44. The molecule has 2 heterocycles. The Bertz CT molecular complexity index is 745. The van der Waals surface area contributed by atoms with Gasteiger partial charge in [0.25, 0.3) is 0 Å². The van der Waals surface area contributed by atoms with E-state index >= 15 is 0 Å². The van der Waals surface area contributed by atoms with E-state index in [4.69, 9.17) is 4.74 Å². The molecule has 162 valence electrons. The zero-order valence-corrected chi connectivity index (χ0v) is 18.3. The van der Waals surface area contributed by atoms with Crippen LogP contribution < -0.4 is 0 Å². The van der Waals surface area contributed by atoms with Crippen LogP contribution in [-0.4, -0.2) is 75.8 Å². The van der Waals surface area contributed by atoms with Crippen molar-refractivity contribution in [3.63, 3.8) is 0 Å². The third-order valence-electron chi connectivity index (χ3n) is 6.34. The molecule has 0 saturated carbocycles. The molecule has 2 aliphatic rings. The molecule has 29 heavy (non-hydrogen) atoms. The molecule has 1 aromatic rings. The number of methoxy groups -OCH3 is 1. The van der Waals surface area contributed by atoms with Crippen LogP contribution in [0.5, 0.6) is 0 Å². The number of carbonyl (C=O) groups is 1. The van der Waals surface area contributed by atoms with E-state index < -0.39 is 9.84 Å². The van der Waals surface area contributed by atoms with Gasteiger partial charge in [-0.3, -0.25) is 4.79 Å². The SMILES string of the molecule is COCC(=O)N1CCCCCC1C1CCN(CCS(=O)(=O)c2ccccc2)CC1. The monoisotopic (exact) mass is 422 g/mol. The van der Waals surface area contributed by atoms with E-state index in [-0.39, 0.29) is 18.3 Å². The number of carbonyl (C=O) groups excluding carboxylic acids is 1. The first-order chi connectivity index (χ1) is 14.0.